The topological polar surface area (TPSA) is 55.0 Å². The first-order chi connectivity index (χ1) is 7.38. The summed E-state index contributed by atoms with van der Waals surface area (Å²) in [4.78, 5) is 13.5. The second kappa shape index (κ2) is 5.53. The molecule has 7 heteroatoms. The lowest BCUT2D eigenvalue weighted by Gasteiger charge is -2.07. The summed E-state index contributed by atoms with van der Waals surface area (Å²) in [6.07, 6.45) is 0. The van der Waals surface area contributed by atoms with E-state index in [2.05, 4.69) is 10.0 Å². The van der Waals surface area contributed by atoms with E-state index in [0.717, 1.165) is 0 Å². The van der Waals surface area contributed by atoms with Gasteiger partial charge in [-0.3, -0.25) is 5.10 Å². The largest absolute Gasteiger partial charge is 0.399 e. The molecule has 0 saturated carbocycles. The molecule has 92 valence electrons. The van der Waals surface area contributed by atoms with Crippen LogP contribution in [0.2, 0.25) is 0 Å². The molecule has 1 aromatic heterocycles. The average Bonchev–Trinajstić information content (AvgIpc) is 2.61. The molecule has 0 aromatic carbocycles. The highest BCUT2D eigenvalue weighted by Gasteiger charge is 2.32. The first kappa shape index (κ1) is 14.5. The Morgan fingerprint density at radius 1 is 1.44 bits per heavy atom. The summed E-state index contributed by atoms with van der Waals surface area (Å²) in [5, 5.41) is 5.20. The Labute approximate surface area is 90.7 Å². The van der Waals surface area contributed by atoms with Crippen LogP contribution in [-0.2, 0) is 10.9 Å². The van der Waals surface area contributed by atoms with Gasteiger partial charge in [0.05, 0.1) is 0 Å². The third-order valence-electron chi connectivity index (χ3n) is 1.71. The molecule has 1 rings (SSSR count). The smallest absolute Gasteiger partial charge is 0.275 e. The van der Waals surface area contributed by atoms with Crippen LogP contribution in [-0.4, -0.2) is 16.2 Å². The van der Waals surface area contributed by atoms with E-state index in [9.17, 15) is 18.1 Å². The van der Waals surface area contributed by atoms with Crippen molar-refractivity contribution in [1.29, 1.82) is 0 Å². The van der Waals surface area contributed by atoms with Crippen molar-refractivity contribution in [2.45, 2.75) is 33.6 Å². The molecule has 16 heavy (non-hydrogen) atoms. The molecule has 0 radical (unpaired) electrons. The van der Waals surface area contributed by atoms with Gasteiger partial charge in [0.2, 0.25) is 0 Å². The lowest BCUT2D eigenvalue weighted by molar-refractivity contribution is -0.0793. The monoisotopic (exact) mass is 238 g/mol. The van der Waals surface area contributed by atoms with E-state index < -0.39 is 23.3 Å². The average molecular weight is 238 g/mol. The van der Waals surface area contributed by atoms with E-state index in [4.69, 9.17) is 0 Å². The van der Waals surface area contributed by atoms with Crippen LogP contribution in [0.5, 0.6) is 0 Å². The van der Waals surface area contributed by atoms with Crippen molar-refractivity contribution >= 4 is 5.97 Å². The Kier molecular flexibility index (Phi) is 5.00. The molecule has 0 bridgehead atoms. The number of rotatable bonds is 2. The fraction of sp³-hybridized carbons (Fsp3) is 0.556. The predicted octanol–water partition coefficient (Wildman–Crippen LogP) is 2.90. The number of aromatic nitrogens is 2. The molecule has 0 amide bonds. The van der Waals surface area contributed by atoms with Crippen molar-refractivity contribution in [3.63, 3.8) is 0 Å². The maximum Gasteiger partial charge on any atom is 0.399 e. The molecule has 1 aromatic rings. The van der Waals surface area contributed by atoms with E-state index in [1.165, 1.54) is 6.92 Å². The summed E-state index contributed by atoms with van der Waals surface area (Å²) in [6, 6.07) is 0. The zero-order valence-corrected chi connectivity index (χ0v) is 9.40. The fourth-order valence-corrected chi connectivity index (χ4v) is 1.06. The van der Waals surface area contributed by atoms with E-state index in [1.807, 2.05) is 18.9 Å². The molecule has 1 heterocycles. The summed E-state index contributed by atoms with van der Waals surface area (Å²) < 4.78 is 37.0. The summed E-state index contributed by atoms with van der Waals surface area (Å²) in [6.45, 7) is 5.86. The number of nitrogens with one attached hydrogen (secondary N) is 1. The number of alkyl halides is 2. The summed E-state index contributed by atoms with van der Waals surface area (Å²) >= 11 is 0. The number of hydrogen-bond donors (Lipinski definition) is 1. The van der Waals surface area contributed by atoms with Gasteiger partial charge in [0.15, 0.2) is 5.69 Å². The van der Waals surface area contributed by atoms with Crippen molar-refractivity contribution in [3.05, 3.63) is 17.0 Å². The lowest BCUT2D eigenvalue weighted by Crippen LogP contribution is -2.10. The minimum atomic E-state index is -3.16. The van der Waals surface area contributed by atoms with Gasteiger partial charge in [-0.2, -0.15) is 13.9 Å². The molecular weight excluding hydrogens is 225 g/mol. The number of halogens is 3. The van der Waals surface area contributed by atoms with Crippen LogP contribution in [0.4, 0.5) is 13.3 Å². The number of aromatic amines is 1. The van der Waals surface area contributed by atoms with Crippen LogP contribution in [0.25, 0.3) is 0 Å². The van der Waals surface area contributed by atoms with Crippen LogP contribution in [0.1, 0.15) is 42.5 Å². The Balaban J connectivity index is 0.00000106. The second-order valence-electron chi connectivity index (χ2n) is 2.83. The first-order valence-electron chi connectivity index (χ1n) is 4.64. The lowest BCUT2D eigenvalue weighted by atomic mass is 10.1. The van der Waals surface area contributed by atoms with Crippen molar-refractivity contribution in [1.82, 2.24) is 10.2 Å². The fourth-order valence-electron chi connectivity index (χ4n) is 1.06. The number of H-pyrrole nitrogens is 1. The molecule has 0 aliphatic carbocycles. The third kappa shape index (κ3) is 2.98. The Bertz CT molecular complexity index is 358. The quantitative estimate of drug-likeness (QED) is 0.861. The van der Waals surface area contributed by atoms with Crippen LogP contribution in [0.15, 0.2) is 0 Å². The molecule has 0 saturated heterocycles. The third-order valence-corrected chi connectivity index (χ3v) is 1.71. The zero-order valence-electron chi connectivity index (χ0n) is 9.40. The van der Waals surface area contributed by atoms with Crippen LogP contribution < -0.4 is 0 Å². The molecule has 1 N–H and O–H groups in total. The van der Waals surface area contributed by atoms with Crippen molar-refractivity contribution in [2.24, 2.45) is 0 Å². The summed E-state index contributed by atoms with van der Waals surface area (Å²) in [5.74, 6) is -4.56. The van der Waals surface area contributed by atoms with Crippen LogP contribution in [0.3, 0.4) is 0 Å². The van der Waals surface area contributed by atoms with Gasteiger partial charge in [-0.15, -0.1) is 0 Å². The number of carbonyl (C=O) groups is 1. The first-order valence-corrected chi connectivity index (χ1v) is 4.64. The SMILES string of the molecule is CC.Cc1c(C(=O)OF)n[nH]c1C(C)(F)F. The zero-order chi connectivity index (χ0) is 12.9. The Morgan fingerprint density at radius 2 is 1.94 bits per heavy atom. The van der Waals surface area contributed by atoms with Gasteiger partial charge in [-0.25, -0.2) is 9.74 Å². The molecule has 0 fully saturated rings. The second-order valence-corrected chi connectivity index (χ2v) is 2.83. The number of nitrogens with zero attached hydrogens (tertiary/aromatic N) is 1. The van der Waals surface area contributed by atoms with Gasteiger partial charge < -0.3 is 0 Å². The molecular formula is C9H13F3N2O2. The van der Waals surface area contributed by atoms with E-state index in [1.54, 1.807) is 0 Å². The minimum absolute atomic E-state index is 0.125. The van der Waals surface area contributed by atoms with Gasteiger partial charge in [0, 0.05) is 17.0 Å². The van der Waals surface area contributed by atoms with E-state index in [-0.39, 0.29) is 5.56 Å². The molecule has 4 nitrogen and oxygen atoms in total. The number of hydrogen-bond acceptors (Lipinski definition) is 3. The Hall–Kier alpha value is -1.53. The summed E-state index contributed by atoms with van der Waals surface area (Å²) in [5.41, 5.74) is -1.14. The van der Waals surface area contributed by atoms with E-state index >= 15 is 0 Å². The van der Waals surface area contributed by atoms with Gasteiger partial charge in [0.25, 0.3) is 5.92 Å². The molecule has 0 spiro atoms. The predicted molar refractivity (Wildman–Crippen MR) is 50.8 cm³/mol. The Morgan fingerprint density at radius 3 is 2.25 bits per heavy atom. The number of carbonyl (C=O) groups excluding carboxylic acids is 1. The highest BCUT2D eigenvalue weighted by atomic mass is 19.3. The molecule has 0 aliphatic rings. The van der Waals surface area contributed by atoms with Gasteiger partial charge in [-0.05, 0) is 6.92 Å². The molecule has 0 atom stereocenters. The molecule has 0 aliphatic heterocycles. The van der Waals surface area contributed by atoms with Crippen LogP contribution >= 0.6 is 0 Å². The standard InChI is InChI=1S/C7H7F3N2O2.C2H6/c1-3-4(6(13)14-10)11-12-5(3)7(2,8)9;1-2/h1-2H3,(H,11,12);1-2H3. The normalized spacial score (nSPS) is 10.4. The summed E-state index contributed by atoms with van der Waals surface area (Å²) in [7, 11) is 0. The minimum Gasteiger partial charge on any atom is -0.275 e. The van der Waals surface area contributed by atoms with E-state index in [0.29, 0.717) is 6.92 Å². The van der Waals surface area contributed by atoms with Crippen molar-refractivity contribution < 1.29 is 23.0 Å². The highest BCUT2D eigenvalue weighted by molar-refractivity contribution is 5.88. The molecule has 0 unspecified atom stereocenters. The van der Waals surface area contributed by atoms with Crippen molar-refractivity contribution in [2.75, 3.05) is 0 Å². The van der Waals surface area contributed by atoms with Crippen molar-refractivity contribution in [3.8, 4) is 0 Å². The van der Waals surface area contributed by atoms with Gasteiger partial charge >= 0.3 is 5.97 Å². The van der Waals surface area contributed by atoms with Gasteiger partial charge in [0.1, 0.15) is 5.69 Å². The maximum atomic E-state index is 12.8. The highest BCUT2D eigenvalue weighted by Crippen LogP contribution is 2.29. The maximum absolute atomic E-state index is 12.8. The van der Waals surface area contributed by atoms with Crippen LogP contribution in [0, 0.1) is 6.92 Å². The van der Waals surface area contributed by atoms with Gasteiger partial charge in [-0.1, -0.05) is 13.8 Å².